The quantitative estimate of drug-likeness (QED) is 0.526. The first-order chi connectivity index (χ1) is 13.1. The first kappa shape index (κ1) is 17.6. The van der Waals surface area contributed by atoms with Crippen LogP contribution in [0.5, 0.6) is 5.75 Å². The third-order valence-corrected chi connectivity index (χ3v) is 5.68. The number of ether oxygens (including phenoxy) is 1. The zero-order chi connectivity index (χ0) is 18.8. The maximum Gasteiger partial charge on any atom is 0.232 e. The van der Waals surface area contributed by atoms with Gasteiger partial charge in [-0.1, -0.05) is 23.5 Å². The molecule has 0 aliphatic heterocycles. The van der Waals surface area contributed by atoms with Gasteiger partial charge in [0.05, 0.1) is 29.4 Å². The van der Waals surface area contributed by atoms with Crippen LogP contribution in [0.25, 0.3) is 20.8 Å². The number of carbonyl (C=O) groups is 1. The minimum absolute atomic E-state index is 0.130. The van der Waals surface area contributed by atoms with Gasteiger partial charge in [-0.15, -0.1) is 11.3 Å². The van der Waals surface area contributed by atoms with Crippen LogP contribution in [-0.4, -0.2) is 23.0 Å². The molecule has 0 saturated heterocycles. The molecule has 2 aromatic carbocycles. The molecule has 0 saturated carbocycles. The van der Waals surface area contributed by atoms with Gasteiger partial charge in [0, 0.05) is 10.9 Å². The molecule has 2 aromatic heterocycles. The van der Waals surface area contributed by atoms with Crippen LogP contribution >= 0.6 is 22.7 Å². The number of amides is 1. The van der Waals surface area contributed by atoms with E-state index in [0.29, 0.717) is 21.4 Å². The van der Waals surface area contributed by atoms with Crippen molar-refractivity contribution in [3.8, 4) is 16.3 Å². The van der Waals surface area contributed by atoms with Gasteiger partial charge in [-0.05, 0) is 30.3 Å². The van der Waals surface area contributed by atoms with Crippen molar-refractivity contribution in [1.29, 1.82) is 0 Å². The van der Waals surface area contributed by atoms with Crippen LogP contribution in [0.2, 0.25) is 0 Å². The Morgan fingerprint density at radius 2 is 2.11 bits per heavy atom. The Morgan fingerprint density at radius 1 is 1.22 bits per heavy atom. The lowest BCUT2D eigenvalue weighted by Crippen LogP contribution is -2.14. The highest BCUT2D eigenvalue weighted by Crippen LogP contribution is 2.29. The van der Waals surface area contributed by atoms with E-state index in [2.05, 4.69) is 15.3 Å². The van der Waals surface area contributed by atoms with E-state index in [1.54, 1.807) is 19.2 Å². The molecule has 0 bridgehead atoms. The zero-order valence-corrected chi connectivity index (χ0v) is 15.9. The summed E-state index contributed by atoms with van der Waals surface area (Å²) < 4.78 is 19.5. The summed E-state index contributed by atoms with van der Waals surface area (Å²) in [6, 6.07) is 11.8. The molecule has 136 valence electrons. The monoisotopic (exact) mass is 399 g/mol. The number of benzene rings is 2. The molecular weight excluding hydrogens is 385 g/mol. The number of methoxy groups -OCH3 is 1. The molecule has 0 spiro atoms. The number of aromatic nitrogens is 2. The fourth-order valence-corrected chi connectivity index (χ4v) is 4.28. The van der Waals surface area contributed by atoms with E-state index in [-0.39, 0.29) is 18.1 Å². The molecule has 0 aliphatic carbocycles. The molecule has 4 rings (SSSR count). The first-order valence-corrected chi connectivity index (χ1v) is 9.75. The van der Waals surface area contributed by atoms with Gasteiger partial charge in [0.25, 0.3) is 0 Å². The Labute approximate surface area is 162 Å². The standard InChI is InChI=1S/C19H14FN3O2S2/c1-25-14-5-6-15-16(9-14)27-19(22-15)23-17(24)8-13-10-26-18(21-13)11-3-2-4-12(20)7-11/h2-7,9-10H,8H2,1H3,(H,22,23,24). The van der Waals surface area contributed by atoms with E-state index in [4.69, 9.17) is 4.74 Å². The Balaban J connectivity index is 1.45. The van der Waals surface area contributed by atoms with Crippen LogP contribution in [0, 0.1) is 5.82 Å². The Morgan fingerprint density at radius 3 is 2.93 bits per heavy atom. The van der Waals surface area contributed by atoms with Gasteiger partial charge in [-0.25, -0.2) is 14.4 Å². The summed E-state index contributed by atoms with van der Waals surface area (Å²) in [6.07, 6.45) is 0.130. The number of nitrogens with zero attached hydrogens (tertiary/aromatic N) is 2. The van der Waals surface area contributed by atoms with Gasteiger partial charge in [-0.2, -0.15) is 0 Å². The normalized spacial score (nSPS) is 10.9. The molecule has 0 atom stereocenters. The highest BCUT2D eigenvalue weighted by atomic mass is 32.1. The molecule has 4 aromatic rings. The second-order valence-corrected chi connectivity index (χ2v) is 7.62. The summed E-state index contributed by atoms with van der Waals surface area (Å²) in [7, 11) is 1.61. The molecule has 5 nitrogen and oxygen atoms in total. The number of rotatable bonds is 5. The van der Waals surface area contributed by atoms with Gasteiger partial charge in [-0.3, -0.25) is 4.79 Å². The summed E-state index contributed by atoms with van der Waals surface area (Å²) in [5.74, 6) is 0.239. The van der Waals surface area contributed by atoms with E-state index in [1.807, 2.05) is 23.6 Å². The van der Waals surface area contributed by atoms with E-state index in [0.717, 1.165) is 16.0 Å². The molecule has 2 heterocycles. The van der Waals surface area contributed by atoms with E-state index in [9.17, 15) is 9.18 Å². The van der Waals surface area contributed by atoms with Crippen LogP contribution in [0.3, 0.4) is 0 Å². The van der Waals surface area contributed by atoms with Gasteiger partial charge in [0.15, 0.2) is 5.13 Å². The van der Waals surface area contributed by atoms with Crippen molar-refractivity contribution in [3.63, 3.8) is 0 Å². The lowest BCUT2D eigenvalue weighted by atomic mass is 10.2. The summed E-state index contributed by atoms with van der Waals surface area (Å²) in [5, 5.41) is 5.83. The Bertz CT molecular complexity index is 1120. The number of fused-ring (bicyclic) bond motifs is 1. The predicted molar refractivity (Wildman–Crippen MR) is 106 cm³/mol. The summed E-state index contributed by atoms with van der Waals surface area (Å²) >= 11 is 2.77. The molecule has 0 unspecified atom stereocenters. The van der Waals surface area contributed by atoms with Crippen LogP contribution in [-0.2, 0) is 11.2 Å². The molecule has 1 N–H and O–H groups in total. The van der Waals surface area contributed by atoms with E-state index < -0.39 is 0 Å². The molecular formula is C19H14FN3O2S2. The van der Waals surface area contributed by atoms with Gasteiger partial charge >= 0.3 is 0 Å². The van der Waals surface area contributed by atoms with Crippen molar-refractivity contribution < 1.29 is 13.9 Å². The maximum absolute atomic E-state index is 13.3. The number of hydrogen-bond acceptors (Lipinski definition) is 6. The van der Waals surface area contributed by atoms with Gasteiger partial charge < -0.3 is 10.1 Å². The summed E-state index contributed by atoms with van der Waals surface area (Å²) in [5.41, 5.74) is 2.14. The Kier molecular flexibility index (Phi) is 4.83. The van der Waals surface area contributed by atoms with Crippen molar-refractivity contribution in [2.24, 2.45) is 0 Å². The molecule has 0 aliphatic rings. The van der Waals surface area contributed by atoms with Gasteiger partial charge in [0.1, 0.15) is 16.6 Å². The summed E-state index contributed by atoms with van der Waals surface area (Å²) in [6.45, 7) is 0. The fraction of sp³-hybridized carbons (Fsp3) is 0.105. The third kappa shape index (κ3) is 3.96. The number of nitrogens with one attached hydrogen (secondary N) is 1. The largest absolute Gasteiger partial charge is 0.497 e. The average molecular weight is 399 g/mol. The zero-order valence-electron chi connectivity index (χ0n) is 14.2. The first-order valence-electron chi connectivity index (χ1n) is 8.05. The Hall–Kier alpha value is -2.84. The van der Waals surface area contributed by atoms with Crippen LogP contribution in [0.1, 0.15) is 5.69 Å². The van der Waals surface area contributed by atoms with Crippen molar-refractivity contribution in [3.05, 3.63) is 59.4 Å². The number of anilines is 1. The minimum Gasteiger partial charge on any atom is -0.497 e. The molecule has 0 radical (unpaired) electrons. The smallest absolute Gasteiger partial charge is 0.232 e. The number of thiazole rings is 2. The molecule has 1 amide bonds. The lowest BCUT2D eigenvalue weighted by Gasteiger charge is -1.99. The molecule has 8 heteroatoms. The summed E-state index contributed by atoms with van der Waals surface area (Å²) in [4.78, 5) is 21.1. The SMILES string of the molecule is COc1ccc2nc(NC(=O)Cc3csc(-c4cccc(F)c4)n3)sc2c1. The molecule has 27 heavy (non-hydrogen) atoms. The third-order valence-electron chi connectivity index (χ3n) is 3.81. The van der Waals surface area contributed by atoms with Crippen molar-refractivity contribution in [2.45, 2.75) is 6.42 Å². The minimum atomic E-state index is -0.311. The van der Waals surface area contributed by atoms with Crippen LogP contribution in [0.15, 0.2) is 47.8 Å². The van der Waals surface area contributed by atoms with Crippen molar-refractivity contribution in [2.75, 3.05) is 12.4 Å². The van der Waals surface area contributed by atoms with Crippen molar-refractivity contribution in [1.82, 2.24) is 9.97 Å². The second kappa shape index (κ2) is 7.42. The van der Waals surface area contributed by atoms with Crippen LogP contribution in [0.4, 0.5) is 9.52 Å². The number of carbonyl (C=O) groups excluding carboxylic acids is 1. The highest BCUT2D eigenvalue weighted by Gasteiger charge is 2.12. The highest BCUT2D eigenvalue weighted by molar-refractivity contribution is 7.22. The van der Waals surface area contributed by atoms with E-state index in [1.165, 1.54) is 34.8 Å². The van der Waals surface area contributed by atoms with E-state index >= 15 is 0 Å². The molecule has 0 fully saturated rings. The second-order valence-electron chi connectivity index (χ2n) is 5.73. The fourth-order valence-electron chi connectivity index (χ4n) is 2.56. The maximum atomic E-state index is 13.3. The predicted octanol–water partition coefficient (Wildman–Crippen LogP) is 4.75. The lowest BCUT2D eigenvalue weighted by molar-refractivity contribution is -0.115. The van der Waals surface area contributed by atoms with Crippen LogP contribution < -0.4 is 10.1 Å². The average Bonchev–Trinajstić information content (AvgIpc) is 3.27. The van der Waals surface area contributed by atoms with Gasteiger partial charge in [0.2, 0.25) is 5.91 Å². The number of hydrogen-bond donors (Lipinski definition) is 1. The van der Waals surface area contributed by atoms with Crippen molar-refractivity contribution >= 4 is 43.9 Å². The topological polar surface area (TPSA) is 64.1 Å². The number of halogens is 1.